The van der Waals surface area contributed by atoms with E-state index in [1.165, 1.54) is 10.1 Å². The van der Waals surface area contributed by atoms with Crippen LogP contribution in [0.25, 0.3) is 21.8 Å². The summed E-state index contributed by atoms with van der Waals surface area (Å²) in [6.07, 6.45) is 5.12. The van der Waals surface area contributed by atoms with Crippen LogP contribution in [0.1, 0.15) is 55.7 Å². The van der Waals surface area contributed by atoms with Crippen molar-refractivity contribution in [2.75, 3.05) is 18.1 Å². The molecule has 1 aliphatic carbocycles. The second-order valence-electron chi connectivity index (χ2n) is 11.7. The molecule has 1 saturated heterocycles. The van der Waals surface area contributed by atoms with Crippen molar-refractivity contribution in [3.63, 3.8) is 0 Å². The maximum Gasteiger partial charge on any atom is 0.326 e. The van der Waals surface area contributed by atoms with E-state index in [1.807, 2.05) is 24.3 Å². The zero-order valence-corrected chi connectivity index (χ0v) is 27.2. The average Bonchev–Trinajstić information content (AvgIpc) is 3.79. The average molecular weight is 656 g/mol. The zero-order valence-electron chi connectivity index (χ0n) is 25.5. The van der Waals surface area contributed by atoms with Crippen molar-refractivity contribution < 1.29 is 24.2 Å². The molecule has 2 unspecified atom stereocenters. The Morgan fingerprint density at radius 3 is 2.59 bits per heavy atom. The summed E-state index contributed by atoms with van der Waals surface area (Å²) in [4.78, 5) is 55.5. The Kier molecular flexibility index (Phi) is 8.08. The number of esters is 1. The monoisotopic (exact) mass is 655 g/mol. The van der Waals surface area contributed by atoms with Crippen LogP contribution < -0.4 is 19.7 Å². The first-order valence-electron chi connectivity index (χ1n) is 15.5. The van der Waals surface area contributed by atoms with Crippen LogP contribution in [0.4, 0.5) is 16.2 Å². The number of hydrogen-bond donors (Lipinski definition) is 1. The van der Waals surface area contributed by atoms with Gasteiger partial charge >= 0.3 is 5.97 Å². The first-order valence-corrected chi connectivity index (χ1v) is 17.2. The molecule has 11 heteroatoms. The molecular formula is C35H33N3O6S2. The van der Waals surface area contributed by atoms with Gasteiger partial charge in [0.25, 0.3) is 16.7 Å². The Hall–Kier alpha value is -4.19. The molecule has 0 radical (unpaired) electrons. The number of aliphatic hydroxyl groups is 1. The van der Waals surface area contributed by atoms with Gasteiger partial charge in [0.1, 0.15) is 16.1 Å². The number of anilines is 2. The molecule has 1 aromatic heterocycles. The van der Waals surface area contributed by atoms with Gasteiger partial charge in [-0.15, -0.1) is 11.3 Å². The van der Waals surface area contributed by atoms with Crippen molar-refractivity contribution in [1.82, 2.24) is 9.47 Å². The van der Waals surface area contributed by atoms with E-state index in [0.29, 0.717) is 16.5 Å². The number of thiazole rings is 1. The van der Waals surface area contributed by atoms with Gasteiger partial charge in [-0.25, -0.2) is 0 Å². The van der Waals surface area contributed by atoms with E-state index in [0.717, 1.165) is 80.5 Å². The van der Waals surface area contributed by atoms with Gasteiger partial charge in [0.2, 0.25) is 0 Å². The molecule has 1 saturated carbocycles. The Morgan fingerprint density at radius 2 is 1.83 bits per heavy atom. The molecule has 4 aromatic rings. The molecule has 3 aliphatic rings. The molecular weight excluding hydrogens is 623 g/mol. The topological polar surface area (TPSA) is 109 Å². The van der Waals surface area contributed by atoms with Crippen LogP contribution in [0, 0.1) is 0 Å². The Balaban J connectivity index is 1.31. The van der Waals surface area contributed by atoms with Gasteiger partial charge in [-0.05, 0) is 102 Å². The van der Waals surface area contributed by atoms with Crippen molar-refractivity contribution in [2.24, 2.45) is 0 Å². The molecule has 0 spiro atoms. The van der Waals surface area contributed by atoms with Crippen molar-refractivity contribution in [2.45, 2.75) is 58.2 Å². The molecule has 2 atom stereocenters. The first-order chi connectivity index (χ1) is 22.3. The highest BCUT2D eigenvalue weighted by Gasteiger charge is 2.42. The van der Waals surface area contributed by atoms with Crippen molar-refractivity contribution >= 4 is 73.3 Å². The second kappa shape index (κ2) is 12.2. The molecule has 3 aromatic carbocycles. The summed E-state index contributed by atoms with van der Waals surface area (Å²) in [5.41, 5.74) is 4.88. The molecule has 7 rings (SSSR count). The minimum absolute atomic E-state index is 0.0138. The number of thioether (sulfide) groups is 1. The summed E-state index contributed by atoms with van der Waals surface area (Å²) >= 11 is 1.91. The number of carbonyl (C=O) groups is 3. The summed E-state index contributed by atoms with van der Waals surface area (Å²) in [7, 11) is 0. The number of benzene rings is 3. The van der Waals surface area contributed by atoms with Gasteiger partial charge in [0, 0.05) is 29.9 Å². The van der Waals surface area contributed by atoms with E-state index < -0.39 is 22.7 Å². The zero-order chi connectivity index (χ0) is 32.1. The van der Waals surface area contributed by atoms with E-state index in [1.54, 1.807) is 13.8 Å². The molecule has 2 amide bonds. The van der Waals surface area contributed by atoms with Crippen LogP contribution in [0.5, 0.6) is 0 Å². The molecule has 0 bridgehead atoms. The van der Waals surface area contributed by atoms with Gasteiger partial charge < -0.3 is 14.7 Å². The minimum atomic E-state index is -0.586. The third kappa shape index (κ3) is 5.16. The summed E-state index contributed by atoms with van der Waals surface area (Å²) in [6, 6.07) is 19.1. The molecule has 2 fully saturated rings. The number of imide groups is 1. The number of amides is 2. The molecule has 1 N–H and O–H groups in total. The van der Waals surface area contributed by atoms with Crippen molar-refractivity contribution in [3.8, 4) is 0 Å². The third-order valence-corrected chi connectivity index (χ3v) is 11.3. The smallest absolute Gasteiger partial charge is 0.326 e. The normalized spacial score (nSPS) is 20.6. The number of carbonyl (C=O) groups excluding carboxylic acids is 3. The van der Waals surface area contributed by atoms with E-state index in [4.69, 9.17) is 4.74 Å². The number of hydrogen-bond acceptors (Lipinski definition) is 9. The fraction of sp³-hybridized carbons (Fsp3) is 0.314. The predicted octanol–water partition coefficient (Wildman–Crippen LogP) is 4.56. The number of nitrogens with zero attached hydrogens (tertiary/aromatic N) is 3. The van der Waals surface area contributed by atoms with E-state index in [-0.39, 0.29) is 35.9 Å². The van der Waals surface area contributed by atoms with Crippen LogP contribution in [0.3, 0.4) is 0 Å². The highest BCUT2D eigenvalue weighted by Crippen LogP contribution is 2.52. The summed E-state index contributed by atoms with van der Waals surface area (Å²) in [5.74, 6) is -0.683. The van der Waals surface area contributed by atoms with Crippen LogP contribution in [-0.4, -0.2) is 50.9 Å². The Bertz CT molecular complexity index is 2100. The van der Waals surface area contributed by atoms with Crippen molar-refractivity contribution in [1.29, 1.82) is 0 Å². The van der Waals surface area contributed by atoms with Crippen molar-refractivity contribution in [3.05, 3.63) is 90.8 Å². The van der Waals surface area contributed by atoms with Crippen LogP contribution in [-0.2, 0) is 27.5 Å². The molecule has 46 heavy (non-hydrogen) atoms. The molecule has 3 heterocycles. The summed E-state index contributed by atoms with van der Waals surface area (Å²) in [6.45, 7) is 3.46. The number of aliphatic hydroxyl groups excluding tert-OH is 1. The summed E-state index contributed by atoms with van der Waals surface area (Å²) in [5, 5.41) is 11.4. The quantitative estimate of drug-likeness (QED) is 0.289. The lowest BCUT2D eigenvalue weighted by molar-refractivity contribution is -0.143. The van der Waals surface area contributed by atoms with Crippen LogP contribution >= 0.6 is 23.1 Å². The molecule has 2 aliphatic heterocycles. The molecule has 236 valence electrons. The van der Waals surface area contributed by atoms with Crippen LogP contribution in [0.15, 0.2) is 59.4 Å². The highest BCUT2D eigenvalue weighted by molar-refractivity contribution is 8.23. The summed E-state index contributed by atoms with van der Waals surface area (Å²) < 4.78 is 7.03. The minimum Gasteiger partial charge on any atom is -0.465 e. The number of rotatable bonds is 7. The second-order valence-corrected chi connectivity index (χ2v) is 13.7. The van der Waals surface area contributed by atoms with Gasteiger partial charge in [-0.2, -0.15) is 0 Å². The standard InChI is InChI=1S/C35H33N3O6S2/c1-3-36-33(42)31(46-35(36)43)34-37(18-30(40)44-4-2)32(41)29(45-34)16-20-9-13-28-26(15-20)25-6-5-7-27(25)38(28)24-12-11-22-14-21(19-39)8-10-23(22)17-24/h8-17,25,27,39H,3-7,18-19H2,1-2H3/b29-16+,34-31+. The van der Waals surface area contributed by atoms with E-state index >= 15 is 0 Å². The lowest BCUT2D eigenvalue weighted by Gasteiger charge is -2.27. The predicted molar refractivity (Wildman–Crippen MR) is 181 cm³/mol. The van der Waals surface area contributed by atoms with Gasteiger partial charge in [0.15, 0.2) is 0 Å². The number of fused-ring (bicyclic) bond motifs is 4. The van der Waals surface area contributed by atoms with E-state index in [9.17, 15) is 24.3 Å². The third-order valence-electron chi connectivity index (χ3n) is 9.03. The number of ether oxygens (including phenoxy) is 1. The van der Waals surface area contributed by atoms with Gasteiger partial charge in [-0.3, -0.25) is 28.6 Å². The van der Waals surface area contributed by atoms with E-state index in [2.05, 4.69) is 41.3 Å². The SMILES string of the molecule is CCOC(=O)Cn1c(=O)/c(=C\c2ccc3c(c2)C2CCCC2N3c2ccc3cc(CO)ccc3c2)s/c1=C1/SC(=O)N(CC)C1=O. The fourth-order valence-electron chi connectivity index (χ4n) is 6.95. The lowest BCUT2D eigenvalue weighted by Crippen LogP contribution is -2.36. The maximum atomic E-state index is 13.7. The fourth-order valence-corrected chi connectivity index (χ4v) is 9.13. The number of aromatic nitrogens is 1. The van der Waals surface area contributed by atoms with Gasteiger partial charge in [-0.1, -0.05) is 30.7 Å². The van der Waals surface area contributed by atoms with Gasteiger partial charge in [0.05, 0.1) is 17.7 Å². The highest BCUT2D eigenvalue weighted by atomic mass is 32.2. The largest absolute Gasteiger partial charge is 0.465 e. The lowest BCUT2D eigenvalue weighted by atomic mass is 9.96. The Labute approximate surface area is 273 Å². The first kappa shape index (κ1) is 30.5. The van der Waals surface area contributed by atoms with Crippen LogP contribution in [0.2, 0.25) is 0 Å². The Morgan fingerprint density at radius 1 is 1.02 bits per heavy atom. The maximum absolute atomic E-state index is 13.7. The molecule has 9 nitrogen and oxygen atoms in total.